The monoisotopic (exact) mass is 420 g/mol. The summed E-state index contributed by atoms with van der Waals surface area (Å²) in [6.45, 7) is 7.91. The van der Waals surface area contributed by atoms with Crippen molar-refractivity contribution in [1.29, 1.82) is 0 Å². The summed E-state index contributed by atoms with van der Waals surface area (Å²) < 4.78 is 28.9. The summed E-state index contributed by atoms with van der Waals surface area (Å²) in [5.41, 5.74) is 3.28. The molecule has 3 rings (SSSR count). The standard InChI is InChI=1S/C21H28N2O5S/c1-13(2)10-23(16-5-6-29(26,27)12-16)20(24)11-28-21(25)19-9-17-15(4)7-14(3)8-18(17)22-19/h7-9,13,16,22H,5-6,10-12H2,1-4H3. The number of carbonyl (C=O) groups is 2. The first-order chi connectivity index (χ1) is 13.6. The van der Waals surface area contributed by atoms with E-state index in [-0.39, 0.29) is 29.4 Å². The maximum Gasteiger partial charge on any atom is 0.355 e. The number of nitrogens with zero attached hydrogens (tertiary/aromatic N) is 1. The zero-order chi connectivity index (χ0) is 21.3. The Morgan fingerprint density at radius 2 is 1.97 bits per heavy atom. The van der Waals surface area contributed by atoms with Gasteiger partial charge in [0.05, 0.1) is 11.5 Å². The SMILES string of the molecule is Cc1cc(C)c2cc(C(=O)OCC(=O)N(CC(C)C)C3CCS(=O)(=O)C3)[nH]c2c1. The van der Waals surface area contributed by atoms with E-state index in [1.54, 1.807) is 11.0 Å². The van der Waals surface area contributed by atoms with Crippen molar-refractivity contribution in [3.8, 4) is 0 Å². The van der Waals surface area contributed by atoms with Gasteiger partial charge in [-0.2, -0.15) is 0 Å². The van der Waals surface area contributed by atoms with Gasteiger partial charge in [-0.1, -0.05) is 19.9 Å². The zero-order valence-electron chi connectivity index (χ0n) is 17.3. The van der Waals surface area contributed by atoms with Crippen molar-refractivity contribution < 1.29 is 22.7 Å². The van der Waals surface area contributed by atoms with E-state index in [2.05, 4.69) is 4.98 Å². The molecule has 0 saturated carbocycles. The quantitative estimate of drug-likeness (QED) is 0.725. The van der Waals surface area contributed by atoms with E-state index in [1.807, 2.05) is 39.8 Å². The molecular weight excluding hydrogens is 392 g/mol. The maximum atomic E-state index is 12.7. The molecule has 1 aromatic heterocycles. The number of hydrogen-bond acceptors (Lipinski definition) is 5. The number of aromatic nitrogens is 1. The summed E-state index contributed by atoms with van der Waals surface area (Å²) in [5, 5.41) is 0.937. The van der Waals surface area contributed by atoms with Crippen LogP contribution in [0.15, 0.2) is 18.2 Å². The molecule has 8 heteroatoms. The van der Waals surface area contributed by atoms with Crippen LogP contribution in [-0.2, 0) is 19.4 Å². The average molecular weight is 421 g/mol. The highest BCUT2D eigenvalue weighted by Crippen LogP contribution is 2.22. The summed E-state index contributed by atoms with van der Waals surface area (Å²) in [4.78, 5) is 29.8. The number of fused-ring (bicyclic) bond motifs is 1. The molecule has 1 atom stereocenters. The molecule has 0 bridgehead atoms. The van der Waals surface area contributed by atoms with E-state index in [4.69, 9.17) is 4.74 Å². The minimum atomic E-state index is -3.11. The van der Waals surface area contributed by atoms with E-state index >= 15 is 0 Å². The van der Waals surface area contributed by atoms with Crippen molar-refractivity contribution in [2.24, 2.45) is 5.92 Å². The predicted molar refractivity (Wildman–Crippen MR) is 112 cm³/mol. The molecule has 1 fully saturated rings. The fourth-order valence-electron chi connectivity index (χ4n) is 3.87. The lowest BCUT2D eigenvalue weighted by Crippen LogP contribution is -2.45. The lowest BCUT2D eigenvalue weighted by Gasteiger charge is -2.29. The van der Waals surface area contributed by atoms with Crippen molar-refractivity contribution >= 4 is 32.6 Å². The number of aryl methyl sites for hydroxylation is 2. The number of sulfone groups is 1. The lowest BCUT2D eigenvalue weighted by atomic mass is 10.1. The third-order valence-corrected chi connectivity index (χ3v) is 6.92. The third-order valence-electron chi connectivity index (χ3n) is 5.17. The first-order valence-corrected chi connectivity index (χ1v) is 11.6. The normalized spacial score (nSPS) is 18.3. The van der Waals surface area contributed by atoms with Crippen LogP contribution in [0, 0.1) is 19.8 Å². The summed E-state index contributed by atoms with van der Waals surface area (Å²) in [7, 11) is -3.11. The van der Waals surface area contributed by atoms with Gasteiger partial charge in [-0.25, -0.2) is 13.2 Å². The molecule has 29 heavy (non-hydrogen) atoms. The Bertz CT molecular complexity index is 1040. The van der Waals surface area contributed by atoms with E-state index in [9.17, 15) is 18.0 Å². The molecule has 0 radical (unpaired) electrons. The summed E-state index contributed by atoms with van der Waals surface area (Å²) in [5.74, 6) is -0.724. The molecule has 1 aliphatic rings. The first kappa shape index (κ1) is 21.4. The van der Waals surface area contributed by atoms with E-state index in [0.717, 1.165) is 22.0 Å². The molecule has 7 nitrogen and oxygen atoms in total. The second kappa shape index (κ2) is 8.18. The van der Waals surface area contributed by atoms with E-state index < -0.39 is 22.4 Å². The Hall–Kier alpha value is -2.35. The van der Waals surface area contributed by atoms with Gasteiger partial charge in [0.25, 0.3) is 5.91 Å². The number of esters is 1. The number of carbonyl (C=O) groups excluding carboxylic acids is 2. The van der Waals surface area contributed by atoms with Gasteiger partial charge in [0.1, 0.15) is 5.69 Å². The molecule has 2 heterocycles. The van der Waals surface area contributed by atoms with Crippen LogP contribution < -0.4 is 0 Å². The Morgan fingerprint density at radius 1 is 1.24 bits per heavy atom. The number of rotatable bonds is 6. The van der Waals surface area contributed by atoms with Crippen LogP contribution in [0.3, 0.4) is 0 Å². The molecule has 1 aliphatic heterocycles. The van der Waals surface area contributed by atoms with Crippen molar-refractivity contribution in [1.82, 2.24) is 9.88 Å². The lowest BCUT2D eigenvalue weighted by molar-refractivity contribution is -0.137. The van der Waals surface area contributed by atoms with Gasteiger partial charge >= 0.3 is 5.97 Å². The van der Waals surface area contributed by atoms with Gasteiger partial charge < -0.3 is 14.6 Å². The van der Waals surface area contributed by atoms with Crippen molar-refractivity contribution in [3.63, 3.8) is 0 Å². The van der Waals surface area contributed by atoms with Crippen LogP contribution >= 0.6 is 0 Å². The Balaban J connectivity index is 1.69. The molecule has 1 aromatic carbocycles. The van der Waals surface area contributed by atoms with Gasteiger partial charge in [0.15, 0.2) is 16.4 Å². The van der Waals surface area contributed by atoms with Gasteiger partial charge in [0, 0.05) is 23.5 Å². The van der Waals surface area contributed by atoms with Crippen LogP contribution in [0.5, 0.6) is 0 Å². The molecule has 158 valence electrons. The van der Waals surface area contributed by atoms with E-state index in [0.29, 0.717) is 18.7 Å². The number of ether oxygens (including phenoxy) is 1. The topological polar surface area (TPSA) is 96.5 Å². The Morgan fingerprint density at radius 3 is 2.59 bits per heavy atom. The molecule has 0 spiro atoms. The van der Waals surface area contributed by atoms with Crippen LogP contribution in [-0.4, -0.2) is 60.9 Å². The molecule has 0 aliphatic carbocycles. The van der Waals surface area contributed by atoms with Crippen LogP contribution in [0.25, 0.3) is 10.9 Å². The molecule has 1 saturated heterocycles. The second-order valence-electron chi connectivity index (χ2n) is 8.30. The first-order valence-electron chi connectivity index (χ1n) is 9.82. The second-order valence-corrected chi connectivity index (χ2v) is 10.5. The average Bonchev–Trinajstić information content (AvgIpc) is 3.20. The highest BCUT2D eigenvalue weighted by Gasteiger charge is 2.35. The minimum absolute atomic E-state index is 0.0277. The van der Waals surface area contributed by atoms with Gasteiger partial charge in [0.2, 0.25) is 0 Å². The number of amides is 1. The van der Waals surface area contributed by atoms with Crippen molar-refractivity contribution in [2.75, 3.05) is 24.7 Å². The van der Waals surface area contributed by atoms with Crippen LogP contribution in [0.2, 0.25) is 0 Å². The number of H-pyrrole nitrogens is 1. The summed E-state index contributed by atoms with van der Waals surface area (Å²) in [6.07, 6.45) is 0.426. The zero-order valence-corrected chi connectivity index (χ0v) is 18.1. The largest absolute Gasteiger partial charge is 0.451 e. The van der Waals surface area contributed by atoms with E-state index in [1.165, 1.54) is 0 Å². The number of nitrogens with one attached hydrogen (secondary N) is 1. The predicted octanol–water partition coefficient (Wildman–Crippen LogP) is 2.61. The summed E-state index contributed by atoms with van der Waals surface area (Å²) in [6, 6.07) is 5.36. The third kappa shape index (κ3) is 4.98. The number of benzene rings is 1. The molecule has 1 N–H and O–H groups in total. The highest BCUT2D eigenvalue weighted by molar-refractivity contribution is 7.91. The fourth-order valence-corrected chi connectivity index (χ4v) is 5.60. The number of hydrogen-bond donors (Lipinski definition) is 1. The highest BCUT2D eigenvalue weighted by atomic mass is 32.2. The Labute approximate surface area is 171 Å². The smallest absolute Gasteiger partial charge is 0.355 e. The van der Waals surface area contributed by atoms with Crippen LogP contribution in [0.1, 0.15) is 41.9 Å². The van der Waals surface area contributed by atoms with Gasteiger partial charge in [-0.15, -0.1) is 0 Å². The molecule has 1 amide bonds. The Kier molecular flexibility index (Phi) is 6.03. The van der Waals surface area contributed by atoms with Gasteiger partial charge in [-0.3, -0.25) is 4.79 Å². The summed E-state index contributed by atoms with van der Waals surface area (Å²) >= 11 is 0. The van der Waals surface area contributed by atoms with Crippen LogP contribution in [0.4, 0.5) is 0 Å². The van der Waals surface area contributed by atoms with Crippen molar-refractivity contribution in [3.05, 3.63) is 35.0 Å². The van der Waals surface area contributed by atoms with Gasteiger partial charge in [-0.05, 0) is 49.4 Å². The van der Waals surface area contributed by atoms with Crippen molar-refractivity contribution in [2.45, 2.75) is 40.2 Å². The minimum Gasteiger partial charge on any atom is -0.451 e. The molecule has 2 aromatic rings. The fraction of sp³-hybridized carbons (Fsp3) is 0.524. The maximum absolute atomic E-state index is 12.7. The molecular formula is C21H28N2O5S. The molecule has 1 unspecified atom stereocenters. The number of aromatic amines is 1.